The van der Waals surface area contributed by atoms with Crippen LogP contribution in [0.4, 0.5) is 10.5 Å². The molecule has 0 aromatic carbocycles. The first-order valence-corrected chi connectivity index (χ1v) is 7.63. The van der Waals surface area contributed by atoms with Gasteiger partial charge in [0.25, 0.3) is 0 Å². The second-order valence-corrected chi connectivity index (χ2v) is 4.99. The highest BCUT2D eigenvalue weighted by atomic mass is 16.5. The summed E-state index contributed by atoms with van der Waals surface area (Å²) >= 11 is 0. The van der Waals surface area contributed by atoms with Crippen molar-refractivity contribution in [3.8, 4) is 11.7 Å². The number of carbonyl (C=O) groups excluding carboxylic acids is 1. The van der Waals surface area contributed by atoms with Crippen LogP contribution in [0.5, 0.6) is 5.88 Å². The molecule has 124 valence electrons. The predicted octanol–water partition coefficient (Wildman–Crippen LogP) is 3.11. The molecule has 7 heteroatoms. The van der Waals surface area contributed by atoms with Crippen molar-refractivity contribution in [1.82, 2.24) is 14.5 Å². The number of nitrogens with zero attached hydrogens (tertiary/aromatic N) is 3. The van der Waals surface area contributed by atoms with Crippen LogP contribution in [0, 0.1) is 6.92 Å². The topological polar surface area (TPSA) is 78.3 Å². The van der Waals surface area contributed by atoms with E-state index in [1.165, 1.54) is 0 Å². The van der Waals surface area contributed by atoms with Gasteiger partial charge in [0, 0.05) is 18.7 Å². The van der Waals surface area contributed by atoms with Gasteiger partial charge in [0.1, 0.15) is 5.82 Å². The molecule has 0 aliphatic heterocycles. The SMILES string of the molecule is CCCc1nc(C)cn1-c1nc(OC)ccc1NC(=O)OCC. The highest BCUT2D eigenvalue weighted by Crippen LogP contribution is 2.24. The van der Waals surface area contributed by atoms with E-state index >= 15 is 0 Å². The fraction of sp³-hybridized carbons (Fsp3) is 0.438. The Morgan fingerprint density at radius 3 is 2.74 bits per heavy atom. The molecule has 1 N–H and O–H groups in total. The van der Waals surface area contributed by atoms with Gasteiger partial charge < -0.3 is 9.47 Å². The summed E-state index contributed by atoms with van der Waals surface area (Å²) in [5, 5.41) is 2.71. The highest BCUT2D eigenvalue weighted by molar-refractivity contribution is 5.87. The minimum atomic E-state index is -0.519. The van der Waals surface area contributed by atoms with Gasteiger partial charge in [0.15, 0.2) is 5.82 Å². The highest BCUT2D eigenvalue weighted by Gasteiger charge is 2.15. The van der Waals surface area contributed by atoms with Crippen LogP contribution in [-0.2, 0) is 11.2 Å². The lowest BCUT2D eigenvalue weighted by Crippen LogP contribution is -2.16. The second kappa shape index (κ2) is 7.62. The lowest BCUT2D eigenvalue weighted by atomic mass is 10.3. The van der Waals surface area contributed by atoms with Crippen molar-refractivity contribution < 1.29 is 14.3 Å². The molecule has 2 rings (SSSR count). The molecule has 1 amide bonds. The summed E-state index contributed by atoms with van der Waals surface area (Å²) in [4.78, 5) is 20.7. The Balaban J connectivity index is 2.48. The van der Waals surface area contributed by atoms with Crippen molar-refractivity contribution >= 4 is 11.8 Å². The van der Waals surface area contributed by atoms with Gasteiger partial charge in [0.2, 0.25) is 5.88 Å². The molecule has 0 aliphatic rings. The average Bonchev–Trinajstić information content (AvgIpc) is 2.89. The van der Waals surface area contributed by atoms with E-state index in [0.717, 1.165) is 24.4 Å². The van der Waals surface area contributed by atoms with Crippen LogP contribution >= 0.6 is 0 Å². The zero-order chi connectivity index (χ0) is 16.8. The van der Waals surface area contributed by atoms with E-state index < -0.39 is 6.09 Å². The minimum absolute atomic E-state index is 0.302. The molecule has 2 aromatic rings. The van der Waals surface area contributed by atoms with Crippen LogP contribution in [0.25, 0.3) is 5.82 Å². The molecule has 0 unspecified atom stereocenters. The van der Waals surface area contributed by atoms with Crippen molar-refractivity contribution in [3.63, 3.8) is 0 Å². The summed E-state index contributed by atoms with van der Waals surface area (Å²) in [5.74, 6) is 1.90. The van der Waals surface area contributed by atoms with Gasteiger partial charge in [-0.1, -0.05) is 6.92 Å². The molecule has 0 saturated heterocycles. The maximum atomic E-state index is 11.7. The van der Waals surface area contributed by atoms with Crippen LogP contribution in [0.3, 0.4) is 0 Å². The maximum Gasteiger partial charge on any atom is 0.411 e. The Morgan fingerprint density at radius 2 is 2.09 bits per heavy atom. The molecule has 23 heavy (non-hydrogen) atoms. The molecule has 2 heterocycles. The lowest BCUT2D eigenvalue weighted by molar-refractivity contribution is 0.168. The third-order valence-corrected chi connectivity index (χ3v) is 3.17. The molecular formula is C16H22N4O3. The van der Waals surface area contributed by atoms with Crippen molar-refractivity contribution in [3.05, 3.63) is 29.8 Å². The van der Waals surface area contributed by atoms with Crippen molar-refractivity contribution in [1.29, 1.82) is 0 Å². The Labute approximate surface area is 135 Å². The van der Waals surface area contributed by atoms with Crippen LogP contribution in [0.2, 0.25) is 0 Å². The Hall–Kier alpha value is -2.57. The Kier molecular flexibility index (Phi) is 5.56. The van der Waals surface area contributed by atoms with Gasteiger partial charge >= 0.3 is 6.09 Å². The van der Waals surface area contributed by atoms with Gasteiger partial charge in [-0.2, -0.15) is 4.98 Å². The van der Waals surface area contributed by atoms with E-state index in [2.05, 4.69) is 22.2 Å². The summed E-state index contributed by atoms with van der Waals surface area (Å²) in [6, 6.07) is 3.43. The number of methoxy groups -OCH3 is 1. The smallest absolute Gasteiger partial charge is 0.411 e. The summed E-state index contributed by atoms with van der Waals surface area (Å²) in [7, 11) is 1.55. The van der Waals surface area contributed by atoms with Crippen molar-refractivity contribution in [2.45, 2.75) is 33.6 Å². The summed E-state index contributed by atoms with van der Waals surface area (Å²) in [6.45, 7) is 6.07. The zero-order valence-corrected chi connectivity index (χ0v) is 13.9. The number of aromatic nitrogens is 3. The fourth-order valence-corrected chi connectivity index (χ4v) is 2.23. The molecule has 0 aliphatic carbocycles. The van der Waals surface area contributed by atoms with Gasteiger partial charge in [0.05, 0.1) is 25.1 Å². The molecule has 0 atom stereocenters. The number of hydrogen-bond donors (Lipinski definition) is 1. The van der Waals surface area contributed by atoms with Crippen LogP contribution < -0.4 is 10.1 Å². The van der Waals surface area contributed by atoms with Gasteiger partial charge in [-0.05, 0) is 26.3 Å². The molecule has 0 spiro atoms. The third kappa shape index (κ3) is 4.00. The van der Waals surface area contributed by atoms with E-state index in [-0.39, 0.29) is 0 Å². The number of imidazole rings is 1. The molecule has 2 aromatic heterocycles. The van der Waals surface area contributed by atoms with Crippen LogP contribution in [-0.4, -0.2) is 34.3 Å². The minimum Gasteiger partial charge on any atom is -0.481 e. The van der Waals surface area contributed by atoms with Gasteiger partial charge in [-0.15, -0.1) is 0 Å². The first-order valence-electron chi connectivity index (χ1n) is 7.63. The molecular weight excluding hydrogens is 296 g/mol. The Bertz CT molecular complexity index is 682. The summed E-state index contributed by atoms with van der Waals surface area (Å²) in [5.41, 5.74) is 1.43. The number of amides is 1. The molecule has 0 radical (unpaired) electrons. The average molecular weight is 318 g/mol. The number of nitrogens with one attached hydrogen (secondary N) is 1. The molecule has 0 saturated carbocycles. The van der Waals surface area contributed by atoms with Crippen molar-refractivity contribution in [2.24, 2.45) is 0 Å². The summed E-state index contributed by atoms with van der Waals surface area (Å²) < 4.78 is 12.0. The maximum absolute atomic E-state index is 11.7. The summed E-state index contributed by atoms with van der Waals surface area (Å²) in [6.07, 6.45) is 3.14. The number of hydrogen-bond acceptors (Lipinski definition) is 5. The number of pyridine rings is 1. The van der Waals surface area contributed by atoms with E-state index in [9.17, 15) is 4.79 Å². The predicted molar refractivity (Wildman–Crippen MR) is 87.3 cm³/mol. The molecule has 0 bridgehead atoms. The monoisotopic (exact) mass is 318 g/mol. The normalized spacial score (nSPS) is 10.4. The lowest BCUT2D eigenvalue weighted by Gasteiger charge is -2.14. The van der Waals surface area contributed by atoms with E-state index in [4.69, 9.17) is 9.47 Å². The molecule has 0 fully saturated rings. The standard InChI is InChI=1S/C16H22N4O3/c1-5-7-13-17-11(3)10-20(13)15-12(18-16(21)23-6-2)8-9-14(19-15)22-4/h8-10H,5-7H2,1-4H3,(H,18,21). The fourth-order valence-electron chi connectivity index (χ4n) is 2.23. The Morgan fingerprint density at radius 1 is 1.30 bits per heavy atom. The third-order valence-electron chi connectivity index (χ3n) is 3.17. The quantitative estimate of drug-likeness (QED) is 0.885. The number of anilines is 1. The van der Waals surface area contributed by atoms with Crippen LogP contribution in [0.15, 0.2) is 18.3 Å². The van der Waals surface area contributed by atoms with Crippen molar-refractivity contribution in [2.75, 3.05) is 19.0 Å². The second-order valence-electron chi connectivity index (χ2n) is 4.99. The van der Waals surface area contributed by atoms with Crippen LogP contribution in [0.1, 0.15) is 31.8 Å². The number of carbonyl (C=O) groups is 1. The zero-order valence-electron chi connectivity index (χ0n) is 13.9. The first-order chi connectivity index (χ1) is 11.1. The van der Waals surface area contributed by atoms with E-state index in [1.54, 1.807) is 26.2 Å². The molecule has 7 nitrogen and oxygen atoms in total. The van der Waals surface area contributed by atoms with E-state index in [0.29, 0.717) is 24.0 Å². The first kappa shape index (κ1) is 16.8. The van der Waals surface area contributed by atoms with Gasteiger partial charge in [-0.3, -0.25) is 9.88 Å². The largest absolute Gasteiger partial charge is 0.481 e. The number of aryl methyl sites for hydroxylation is 2. The number of rotatable bonds is 6. The van der Waals surface area contributed by atoms with E-state index in [1.807, 2.05) is 17.7 Å². The van der Waals surface area contributed by atoms with Gasteiger partial charge in [-0.25, -0.2) is 9.78 Å². The number of ether oxygens (including phenoxy) is 2.